The number of nitrogens with zero attached hydrogens (tertiary/aromatic N) is 1. The molecule has 0 spiro atoms. The molecular weight excluding hydrogens is 292 g/mol. The van der Waals surface area contributed by atoms with Gasteiger partial charge in [-0.3, -0.25) is 9.69 Å². The smallest absolute Gasteiger partial charge is 0.269 e. The molecule has 0 atom stereocenters. The van der Waals surface area contributed by atoms with Gasteiger partial charge < -0.3 is 0 Å². The fourth-order valence-electron chi connectivity index (χ4n) is 2.01. The van der Waals surface area contributed by atoms with Crippen LogP contribution in [0.4, 0.5) is 4.79 Å². The normalized spacial score (nSPS) is 17.1. The van der Waals surface area contributed by atoms with Gasteiger partial charge in [0.15, 0.2) is 0 Å². The fourth-order valence-corrected chi connectivity index (χ4v) is 2.94. The third-order valence-electron chi connectivity index (χ3n) is 3.19. The minimum atomic E-state index is -4.01. The molecule has 0 bridgehead atoms. The summed E-state index contributed by atoms with van der Waals surface area (Å²) >= 11 is 0. The van der Waals surface area contributed by atoms with Crippen LogP contribution in [0.25, 0.3) is 0 Å². The highest BCUT2D eigenvalue weighted by molar-refractivity contribution is 7.90. The van der Waals surface area contributed by atoms with Crippen LogP contribution in [0, 0.1) is 6.92 Å². The molecule has 0 unspecified atom stereocenters. The van der Waals surface area contributed by atoms with Crippen LogP contribution in [0.3, 0.4) is 0 Å². The van der Waals surface area contributed by atoms with Gasteiger partial charge in [-0.1, -0.05) is 23.8 Å². The Hall–Kier alpha value is -2.15. The number of sulfonamides is 1. The van der Waals surface area contributed by atoms with Crippen molar-refractivity contribution in [2.45, 2.75) is 31.2 Å². The SMILES string of the molecule is Cc1ccc(S(=O)(=O)NC(=O)N2C(=O)C=CC2(C)C)cc1. The van der Waals surface area contributed by atoms with Gasteiger partial charge in [-0.15, -0.1) is 0 Å². The molecule has 112 valence electrons. The quantitative estimate of drug-likeness (QED) is 0.899. The van der Waals surface area contributed by atoms with Crippen molar-refractivity contribution in [3.8, 4) is 0 Å². The second-order valence-electron chi connectivity index (χ2n) is 5.38. The zero-order chi connectivity index (χ0) is 15.8. The predicted octanol–water partition coefficient (Wildman–Crippen LogP) is 1.57. The number of aryl methyl sites for hydroxylation is 1. The summed E-state index contributed by atoms with van der Waals surface area (Å²) in [6, 6.07) is 5.10. The molecule has 0 saturated carbocycles. The first kappa shape index (κ1) is 15.2. The van der Waals surface area contributed by atoms with E-state index < -0.39 is 27.5 Å². The molecule has 1 aromatic carbocycles. The lowest BCUT2D eigenvalue weighted by molar-refractivity contribution is -0.124. The van der Waals surface area contributed by atoms with Crippen LogP contribution in [0.5, 0.6) is 0 Å². The Kier molecular flexibility index (Phi) is 3.63. The molecule has 0 radical (unpaired) electrons. The topological polar surface area (TPSA) is 83.6 Å². The Labute approximate surface area is 123 Å². The van der Waals surface area contributed by atoms with Crippen molar-refractivity contribution in [1.29, 1.82) is 0 Å². The van der Waals surface area contributed by atoms with Gasteiger partial charge in [-0.25, -0.2) is 17.9 Å². The highest BCUT2D eigenvalue weighted by atomic mass is 32.2. The van der Waals surface area contributed by atoms with E-state index in [-0.39, 0.29) is 4.90 Å². The monoisotopic (exact) mass is 308 g/mol. The number of nitrogens with one attached hydrogen (secondary N) is 1. The maximum absolute atomic E-state index is 12.1. The molecule has 0 saturated heterocycles. The van der Waals surface area contributed by atoms with E-state index in [4.69, 9.17) is 0 Å². The minimum absolute atomic E-state index is 0.0288. The summed E-state index contributed by atoms with van der Waals surface area (Å²) in [4.78, 5) is 24.6. The summed E-state index contributed by atoms with van der Waals surface area (Å²) in [5.74, 6) is -0.545. The summed E-state index contributed by atoms with van der Waals surface area (Å²) in [6.07, 6.45) is 2.80. The van der Waals surface area contributed by atoms with Crippen LogP contribution in [-0.4, -0.2) is 30.8 Å². The number of hydrogen-bond acceptors (Lipinski definition) is 4. The maximum Gasteiger partial charge on any atom is 0.339 e. The summed E-state index contributed by atoms with van der Waals surface area (Å²) in [7, 11) is -4.01. The lowest BCUT2D eigenvalue weighted by Gasteiger charge is -2.29. The number of benzene rings is 1. The molecule has 0 aromatic heterocycles. The van der Waals surface area contributed by atoms with Gasteiger partial charge in [0.2, 0.25) is 0 Å². The van der Waals surface area contributed by atoms with E-state index in [1.807, 2.05) is 11.6 Å². The standard InChI is InChI=1S/C14H16N2O4S/c1-10-4-6-11(7-5-10)21(19,20)15-13(18)16-12(17)8-9-14(16,2)3/h4-9H,1-3H3,(H,15,18). The highest BCUT2D eigenvalue weighted by Crippen LogP contribution is 2.23. The number of carbonyl (C=O) groups excluding carboxylic acids is 2. The van der Waals surface area contributed by atoms with Gasteiger partial charge in [0.25, 0.3) is 15.9 Å². The molecule has 1 aliphatic heterocycles. The second kappa shape index (κ2) is 5.00. The van der Waals surface area contributed by atoms with Gasteiger partial charge >= 0.3 is 6.03 Å². The van der Waals surface area contributed by atoms with Crippen molar-refractivity contribution in [3.05, 3.63) is 42.0 Å². The van der Waals surface area contributed by atoms with E-state index in [2.05, 4.69) is 0 Å². The lowest BCUT2D eigenvalue weighted by Crippen LogP contribution is -2.51. The predicted molar refractivity (Wildman–Crippen MR) is 77.0 cm³/mol. The van der Waals surface area contributed by atoms with Gasteiger partial charge in [0, 0.05) is 6.08 Å². The molecule has 7 heteroatoms. The molecule has 1 heterocycles. The zero-order valence-electron chi connectivity index (χ0n) is 12.0. The number of hydrogen-bond donors (Lipinski definition) is 1. The summed E-state index contributed by atoms with van der Waals surface area (Å²) in [5.41, 5.74) is 0.0459. The molecule has 3 amide bonds. The number of imide groups is 1. The highest BCUT2D eigenvalue weighted by Gasteiger charge is 2.39. The molecule has 0 fully saturated rings. The van der Waals surface area contributed by atoms with Crippen molar-refractivity contribution in [2.24, 2.45) is 0 Å². The maximum atomic E-state index is 12.1. The fraction of sp³-hybridized carbons (Fsp3) is 0.286. The molecule has 21 heavy (non-hydrogen) atoms. The second-order valence-corrected chi connectivity index (χ2v) is 7.07. The summed E-state index contributed by atoms with van der Waals surface area (Å²) < 4.78 is 26.2. The van der Waals surface area contributed by atoms with E-state index >= 15 is 0 Å². The van der Waals surface area contributed by atoms with Crippen molar-refractivity contribution >= 4 is 22.0 Å². The minimum Gasteiger partial charge on any atom is -0.269 e. The van der Waals surface area contributed by atoms with Crippen LogP contribution in [0.15, 0.2) is 41.3 Å². The van der Waals surface area contributed by atoms with Gasteiger partial charge in [-0.2, -0.15) is 0 Å². The lowest BCUT2D eigenvalue weighted by atomic mass is 10.1. The van der Waals surface area contributed by atoms with E-state index in [1.54, 1.807) is 32.1 Å². The van der Waals surface area contributed by atoms with E-state index in [9.17, 15) is 18.0 Å². The van der Waals surface area contributed by atoms with Gasteiger partial charge in [0.05, 0.1) is 10.4 Å². The zero-order valence-corrected chi connectivity index (χ0v) is 12.8. The number of carbonyl (C=O) groups is 2. The average Bonchev–Trinajstić information content (AvgIpc) is 2.63. The molecule has 1 aliphatic rings. The van der Waals surface area contributed by atoms with E-state index in [0.29, 0.717) is 0 Å². The molecule has 0 aliphatic carbocycles. The van der Waals surface area contributed by atoms with Crippen LogP contribution < -0.4 is 4.72 Å². The van der Waals surface area contributed by atoms with Crippen LogP contribution >= 0.6 is 0 Å². The van der Waals surface area contributed by atoms with Crippen molar-refractivity contribution in [3.63, 3.8) is 0 Å². The summed E-state index contributed by atoms with van der Waals surface area (Å²) in [5, 5.41) is 0. The molecular formula is C14H16N2O4S. The molecule has 1 aromatic rings. The molecule has 1 N–H and O–H groups in total. The average molecular weight is 308 g/mol. The largest absolute Gasteiger partial charge is 0.339 e. The third kappa shape index (κ3) is 2.97. The number of urea groups is 1. The number of amides is 3. The van der Waals surface area contributed by atoms with Crippen LogP contribution in [0.2, 0.25) is 0 Å². The Balaban J connectivity index is 2.23. The van der Waals surface area contributed by atoms with E-state index in [1.165, 1.54) is 18.2 Å². The number of rotatable bonds is 2. The Morgan fingerprint density at radius 1 is 1.19 bits per heavy atom. The first-order valence-electron chi connectivity index (χ1n) is 6.30. The van der Waals surface area contributed by atoms with E-state index in [0.717, 1.165) is 10.5 Å². The molecule has 2 rings (SSSR count). The Morgan fingerprint density at radius 3 is 2.24 bits per heavy atom. The van der Waals surface area contributed by atoms with Gasteiger partial charge in [0.1, 0.15) is 0 Å². The first-order chi connectivity index (χ1) is 9.63. The Morgan fingerprint density at radius 2 is 1.76 bits per heavy atom. The van der Waals surface area contributed by atoms with Crippen LogP contribution in [0.1, 0.15) is 19.4 Å². The third-order valence-corrected chi connectivity index (χ3v) is 4.52. The van der Waals surface area contributed by atoms with Gasteiger partial charge in [-0.05, 0) is 32.9 Å². The molecule has 6 nitrogen and oxygen atoms in total. The first-order valence-corrected chi connectivity index (χ1v) is 7.79. The summed E-state index contributed by atoms with van der Waals surface area (Å²) in [6.45, 7) is 5.12. The van der Waals surface area contributed by atoms with Crippen molar-refractivity contribution in [2.75, 3.05) is 0 Å². The van der Waals surface area contributed by atoms with Crippen molar-refractivity contribution in [1.82, 2.24) is 9.62 Å². The Bertz CT molecular complexity index is 718. The van der Waals surface area contributed by atoms with Crippen LogP contribution in [-0.2, 0) is 14.8 Å². The van der Waals surface area contributed by atoms with Crippen molar-refractivity contribution < 1.29 is 18.0 Å².